The SMILES string of the molecule is CC(C)C(C)(CN)NC(=O)CNC(=O)C(C)(C)C.Cl. The Morgan fingerprint density at radius 1 is 1.16 bits per heavy atom. The molecule has 1 atom stereocenters. The summed E-state index contributed by atoms with van der Waals surface area (Å²) < 4.78 is 0. The topological polar surface area (TPSA) is 84.2 Å². The van der Waals surface area contributed by atoms with E-state index in [4.69, 9.17) is 5.73 Å². The van der Waals surface area contributed by atoms with E-state index in [9.17, 15) is 9.59 Å². The van der Waals surface area contributed by atoms with Gasteiger partial charge in [0, 0.05) is 12.0 Å². The standard InChI is InChI=1S/C13H27N3O2.ClH/c1-9(2)13(6,8-14)16-10(17)7-15-11(18)12(3,4)5;/h9H,7-8,14H2,1-6H3,(H,15,18)(H,16,17);1H. The van der Waals surface area contributed by atoms with Crippen molar-refractivity contribution < 1.29 is 9.59 Å². The normalized spacial score (nSPS) is 14.3. The predicted molar refractivity (Wildman–Crippen MR) is 80.2 cm³/mol. The molecule has 0 radical (unpaired) electrons. The van der Waals surface area contributed by atoms with Crippen molar-refractivity contribution in [2.45, 2.75) is 47.1 Å². The number of carbonyl (C=O) groups excluding carboxylic acids is 2. The quantitative estimate of drug-likeness (QED) is 0.709. The Labute approximate surface area is 122 Å². The summed E-state index contributed by atoms with van der Waals surface area (Å²) in [5.74, 6) is -0.129. The zero-order valence-corrected chi connectivity index (χ0v) is 13.6. The largest absolute Gasteiger partial charge is 0.348 e. The summed E-state index contributed by atoms with van der Waals surface area (Å²) in [6, 6.07) is 0. The van der Waals surface area contributed by atoms with E-state index < -0.39 is 11.0 Å². The Bertz CT molecular complexity index is 314. The van der Waals surface area contributed by atoms with Gasteiger partial charge in [0.05, 0.1) is 12.1 Å². The molecule has 0 saturated carbocycles. The zero-order chi connectivity index (χ0) is 14.6. The molecule has 0 rings (SSSR count). The molecule has 4 N–H and O–H groups in total. The van der Waals surface area contributed by atoms with Crippen LogP contribution in [0.5, 0.6) is 0 Å². The Balaban J connectivity index is 0. The molecular formula is C13H28ClN3O2. The summed E-state index contributed by atoms with van der Waals surface area (Å²) in [4.78, 5) is 23.4. The number of nitrogens with two attached hydrogens (primary N) is 1. The Morgan fingerprint density at radius 2 is 1.63 bits per heavy atom. The Hall–Kier alpha value is -0.810. The fraction of sp³-hybridized carbons (Fsp3) is 0.846. The van der Waals surface area contributed by atoms with Crippen LogP contribution < -0.4 is 16.4 Å². The minimum atomic E-state index is -0.491. The highest BCUT2D eigenvalue weighted by atomic mass is 35.5. The molecule has 0 bridgehead atoms. The number of hydrogen-bond donors (Lipinski definition) is 3. The van der Waals surface area contributed by atoms with Crippen molar-refractivity contribution in [3.05, 3.63) is 0 Å². The van der Waals surface area contributed by atoms with Crippen LogP contribution in [0.25, 0.3) is 0 Å². The van der Waals surface area contributed by atoms with Gasteiger partial charge in [-0.3, -0.25) is 9.59 Å². The molecule has 6 heteroatoms. The van der Waals surface area contributed by atoms with Crippen molar-refractivity contribution in [1.29, 1.82) is 0 Å². The second-order valence-electron chi connectivity index (χ2n) is 6.26. The number of rotatable bonds is 5. The lowest BCUT2D eigenvalue weighted by atomic mass is 9.88. The smallest absolute Gasteiger partial charge is 0.239 e. The average molecular weight is 294 g/mol. The Morgan fingerprint density at radius 3 is 1.95 bits per heavy atom. The molecule has 0 fully saturated rings. The lowest BCUT2D eigenvalue weighted by Gasteiger charge is -2.33. The molecule has 2 amide bonds. The molecule has 0 saturated heterocycles. The molecule has 1 unspecified atom stereocenters. The molecule has 0 aromatic heterocycles. The van der Waals surface area contributed by atoms with Gasteiger partial charge in [0.25, 0.3) is 0 Å². The van der Waals surface area contributed by atoms with Gasteiger partial charge < -0.3 is 16.4 Å². The van der Waals surface area contributed by atoms with E-state index in [-0.39, 0.29) is 36.7 Å². The first-order valence-corrected chi connectivity index (χ1v) is 6.32. The average Bonchev–Trinajstić information content (AvgIpc) is 2.23. The molecule has 0 aliphatic heterocycles. The fourth-order valence-corrected chi connectivity index (χ4v) is 1.22. The van der Waals surface area contributed by atoms with Gasteiger partial charge in [-0.1, -0.05) is 34.6 Å². The number of amides is 2. The highest BCUT2D eigenvalue weighted by Crippen LogP contribution is 2.14. The van der Waals surface area contributed by atoms with Gasteiger partial charge in [0.15, 0.2) is 0 Å². The van der Waals surface area contributed by atoms with E-state index in [1.54, 1.807) is 20.8 Å². The van der Waals surface area contributed by atoms with E-state index in [1.807, 2.05) is 20.8 Å². The molecule has 19 heavy (non-hydrogen) atoms. The highest BCUT2D eigenvalue weighted by molar-refractivity contribution is 5.87. The Kier molecular flexibility index (Phi) is 8.31. The summed E-state index contributed by atoms with van der Waals surface area (Å²) in [5.41, 5.74) is 4.75. The summed E-state index contributed by atoms with van der Waals surface area (Å²) in [5, 5.41) is 5.49. The van der Waals surface area contributed by atoms with Crippen molar-refractivity contribution in [2.75, 3.05) is 13.1 Å². The predicted octanol–water partition coefficient (Wildman–Crippen LogP) is 1.06. The van der Waals surface area contributed by atoms with Crippen molar-refractivity contribution in [3.8, 4) is 0 Å². The summed E-state index contributed by atoms with van der Waals surface area (Å²) >= 11 is 0. The summed E-state index contributed by atoms with van der Waals surface area (Å²) in [6.45, 7) is 11.7. The van der Waals surface area contributed by atoms with Crippen LogP contribution in [-0.2, 0) is 9.59 Å². The van der Waals surface area contributed by atoms with Crippen LogP contribution in [-0.4, -0.2) is 30.4 Å². The van der Waals surface area contributed by atoms with Gasteiger partial charge in [-0.05, 0) is 12.8 Å². The second kappa shape index (κ2) is 7.70. The minimum Gasteiger partial charge on any atom is -0.348 e. The maximum atomic E-state index is 11.8. The first-order valence-electron chi connectivity index (χ1n) is 6.32. The van der Waals surface area contributed by atoms with Crippen LogP contribution >= 0.6 is 12.4 Å². The number of halogens is 1. The van der Waals surface area contributed by atoms with Crippen molar-refractivity contribution >= 4 is 24.2 Å². The molecule has 5 nitrogen and oxygen atoms in total. The van der Waals surface area contributed by atoms with Crippen LogP contribution in [0.2, 0.25) is 0 Å². The zero-order valence-electron chi connectivity index (χ0n) is 12.8. The second-order valence-corrected chi connectivity index (χ2v) is 6.26. The first kappa shape index (κ1) is 20.5. The van der Waals surface area contributed by atoms with E-state index in [1.165, 1.54) is 0 Å². The molecular weight excluding hydrogens is 266 g/mol. The fourth-order valence-electron chi connectivity index (χ4n) is 1.22. The van der Waals surface area contributed by atoms with Gasteiger partial charge in [-0.15, -0.1) is 12.4 Å². The van der Waals surface area contributed by atoms with Gasteiger partial charge in [-0.2, -0.15) is 0 Å². The molecule has 0 aliphatic rings. The van der Waals surface area contributed by atoms with Crippen LogP contribution in [0.1, 0.15) is 41.5 Å². The highest BCUT2D eigenvalue weighted by Gasteiger charge is 2.29. The monoisotopic (exact) mass is 293 g/mol. The van der Waals surface area contributed by atoms with Gasteiger partial charge in [-0.25, -0.2) is 0 Å². The summed E-state index contributed by atoms with van der Waals surface area (Å²) in [6.07, 6.45) is 0. The van der Waals surface area contributed by atoms with Crippen molar-refractivity contribution in [3.63, 3.8) is 0 Å². The van der Waals surface area contributed by atoms with Crippen LogP contribution in [0.3, 0.4) is 0 Å². The van der Waals surface area contributed by atoms with Crippen LogP contribution in [0.15, 0.2) is 0 Å². The molecule has 0 heterocycles. The molecule has 0 spiro atoms. The third-order valence-electron chi connectivity index (χ3n) is 3.21. The maximum absolute atomic E-state index is 11.8. The van der Waals surface area contributed by atoms with Crippen LogP contribution in [0.4, 0.5) is 0 Å². The lowest BCUT2D eigenvalue weighted by Crippen LogP contribution is -2.57. The summed E-state index contributed by atoms with van der Waals surface area (Å²) in [7, 11) is 0. The molecule has 0 aromatic carbocycles. The number of carbonyl (C=O) groups is 2. The van der Waals surface area contributed by atoms with E-state index in [2.05, 4.69) is 10.6 Å². The lowest BCUT2D eigenvalue weighted by molar-refractivity contribution is -0.131. The number of nitrogens with one attached hydrogen (secondary N) is 2. The molecule has 114 valence electrons. The molecule has 0 aromatic rings. The van der Waals surface area contributed by atoms with Gasteiger partial charge in [0.2, 0.25) is 11.8 Å². The van der Waals surface area contributed by atoms with Crippen LogP contribution in [0, 0.1) is 11.3 Å². The van der Waals surface area contributed by atoms with Gasteiger partial charge >= 0.3 is 0 Å². The van der Waals surface area contributed by atoms with E-state index >= 15 is 0 Å². The van der Waals surface area contributed by atoms with Crippen molar-refractivity contribution in [1.82, 2.24) is 10.6 Å². The number of hydrogen-bond acceptors (Lipinski definition) is 3. The third kappa shape index (κ3) is 6.78. The van der Waals surface area contributed by atoms with E-state index in [0.717, 1.165) is 0 Å². The maximum Gasteiger partial charge on any atom is 0.239 e. The first-order chi connectivity index (χ1) is 8.03. The van der Waals surface area contributed by atoms with Gasteiger partial charge in [0.1, 0.15) is 0 Å². The minimum absolute atomic E-state index is 0. The van der Waals surface area contributed by atoms with E-state index in [0.29, 0.717) is 6.54 Å². The van der Waals surface area contributed by atoms with Crippen molar-refractivity contribution in [2.24, 2.45) is 17.1 Å². The molecule has 0 aliphatic carbocycles. The third-order valence-corrected chi connectivity index (χ3v) is 3.21.